The van der Waals surface area contributed by atoms with E-state index in [1.807, 2.05) is 12.5 Å². The molecule has 2 rings (SSSR count). The zero-order valence-corrected chi connectivity index (χ0v) is 12.4. The van der Waals surface area contributed by atoms with Gasteiger partial charge in [-0.2, -0.15) is 0 Å². The Labute approximate surface area is 116 Å². The molecule has 1 N–H and O–H groups in total. The molecular weight excluding hydrogens is 238 g/mol. The fourth-order valence-electron chi connectivity index (χ4n) is 2.65. The molecule has 0 saturated carbocycles. The van der Waals surface area contributed by atoms with Crippen LogP contribution >= 0.6 is 0 Å². The average molecular weight is 265 g/mol. The van der Waals surface area contributed by atoms with Gasteiger partial charge in [0.2, 0.25) is 0 Å². The first kappa shape index (κ1) is 14.5. The van der Waals surface area contributed by atoms with E-state index in [2.05, 4.69) is 35.6 Å². The summed E-state index contributed by atoms with van der Waals surface area (Å²) in [6.07, 6.45) is 7.85. The highest BCUT2D eigenvalue weighted by atomic mass is 16.5. The Kier molecular flexibility index (Phi) is 5.40. The molecule has 0 aliphatic carbocycles. The zero-order valence-electron chi connectivity index (χ0n) is 12.4. The van der Waals surface area contributed by atoms with Crippen LogP contribution in [-0.2, 0) is 4.74 Å². The molecule has 2 unspecified atom stereocenters. The van der Waals surface area contributed by atoms with E-state index in [0.717, 1.165) is 25.6 Å². The maximum absolute atomic E-state index is 5.83. The Morgan fingerprint density at radius 1 is 1.42 bits per heavy atom. The number of nitrogens with one attached hydrogen (secondary N) is 1. The van der Waals surface area contributed by atoms with E-state index in [0.29, 0.717) is 6.04 Å². The molecule has 0 spiro atoms. The minimum Gasteiger partial charge on any atom is -0.369 e. The normalized spacial score (nSPS) is 21.8. The van der Waals surface area contributed by atoms with Crippen LogP contribution in [0.25, 0.3) is 0 Å². The van der Waals surface area contributed by atoms with Crippen molar-refractivity contribution in [2.45, 2.75) is 52.2 Å². The second-order valence-electron chi connectivity index (χ2n) is 5.96. The molecule has 1 fully saturated rings. The van der Waals surface area contributed by atoms with Crippen LogP contribution < -0.4 is 5.32 Å². The summed E-state index contributed by atoms with van der Waals surface area (Å²) in [5, 5.41) is 3.38. The van der Waals surface area contributed by atoms with E-state index in [1.54, 1.807) is 0 Å². The number of hydrogen-bond donors (Lipinski definition) is 1. The van der Waals surface area contributed by atoms with Crippen molar-refractivity contribution in [1.82, 2.24) is 14.9 Å². The summed E-state index contributed by atoms with van der Waals surface area (Å²) in [6.45, 7) is 9.49. The molecule has 2 heterocycles. The molecule has 1 aliphatic rings. The Bertz CT molecular complexity index is 369. The first-order valence-corrected chi connectivity index (χ1v) is 7.52. The van der Waals surface area contributed by atoms with Crippen LogP contribution in [0.4, 0.5) is 0 Å². The molecule has 0 bridgehead atoms. The third-order valence-electron chi connectivity index (χ3n) is 3.83. The lowest BCUT2D eigenvalue weighted by Gasteiger charge is -2.26. The predicted octanol–water partition coefficient (Wildman–Crippen LogP) is 2.93. The maximum Gasteiger partial charge on any atom is 0.111 e. The zero-order chi connectivity index (χ0) is 13.7. The number of imidazole rings is 1. The van der Waals surface area contributed by atoms with Gasteiger partial charge in [-0.25, -0.2) is 4.98 Å². The number of nitrogens with zero attached hydrogens (tertiary/aromatic N) is 2. The lowest BCUT2D eigenvalue weighted by molar-refractivity contribution is 0.0219. The van der Waals surface area contributed by atoms with Gasteiger partial charge in [0.1, 0.15) is 6.10 Å². The molecule has 108 valence electrons. The van der Waals surface area contributed by atoms with Crippen LogP contribution in [0.3, 0.4) is 0 Å². The molecule has 19 heavy (non-hydrogen) atoms. The molecule has 4 heteroatoms. The van der Waals surface area contributed by atoms with Crippen molar-refractivity contribution in [3.63, 3.8) is 0 Å². The quantitative estimate of drug-likeness (QED) is 0.859. The Morgan fingerprint density at radius 3 is 2.95 bits per heavy atom. The Hall–Kier alpha value is -0.870. The highest BCUT2D eigenvalue weighted by Gasteiger charge is 2.21. The van der Waals surface area contributed by atoms with Gasteiger partial charge in [0.05, 0.1) is 24.8 Å². The van der Waals surface area contributed by atoms with Gasteiger partial charge in [0.25, 0.3) is 0 Å². The third kappa shape index (κ3) is 4.05. The van der Waals surface area contributed by atoms with Crippen LogP contribution in [0.2, 0.25) is 0 Å². The van der Waals surface area contributed by atoms with Gasteiger partial charge in [0.15, 0.2) is 0 Å². The van der Waals surface area contributed by atoms with Crippen molar-refractivity contribution in [2.24, 2.45) is 5.92 Å². The molecule has 4 nitrogen and oxygen atoms in total. The van der Waals surface area contributed by atoms with Crippen molar-refractivity contribution in [3.8, 4) is 0 Å². The summed E-state index contributed by atoms with van der Waals surface area (Å²) in [7, 11) is 0. The maximum atomic E-state index is 5.83. The minimum atomic E-state index is 0.156. The summed E-state index contributed by atoms with van der Waals surface area (Å²) in [5.74, 6) is 0.792. The van der Waals surface area contributed by atoms with Crippen LogP contribution in [0, 0.1) is 5.92 Å². The molecule has 1 aromatic rings. The summed E-state index contributed by atoms with van der Waals surface area (Å²) in [6, 6.07) is 0.502. The van der Waals surface area contributed by atoms with E-state index >= 15 is 0 Å². The summed E-state index contributed by atoms with van der Waals surface area (Å²) in [5.41, 5.74) is 1.21. The van der Waals surface area contributed by atoms with Gasteiger partial charge >= 0.3 is 0 Å². The standard InChI is InChI=1S/C15H27N3O/c1-12(2)5-4-6-13(3)18-11-17-9-14(18)15-10-16-7-8-19-15/h9,11-13,15-16H,4-8,10H2,1-3H3. The van der Waals surface area contributed by atoms with Gasteiger partial charge < -0.3 is 14.6 Å². The van der Waals surface area contributed by atoms with Crippen LogP contribution in [0.5, 0.6) is 0 Å². The lowest BCUT2D eigenvalue weighted by Crippen LogP contribution is -2.34. The third-order valence-corrected chi connectivity index (χ3v) is 3.83. The highest BCUT2D eigenvalue weighted by molar-refractivity contribution is 5.06. The lowest BCUT2D eigenvalue weighted by atomic mass is 10.0. The van der Waals surface area contributed by atoms with E-state index in [-0.39, 0.29) is 6.10 Å². The number of aromatic nitrogens is 2. The molecule has 1 aliphatic heterocycles. The van der Waals surface area contributed by atoms with Gasteiger partial charge in [0, 0.05) is 19.1 Å². The molecule has 0 radical (unpaired) electrons. The van der Waals surface area contributed by atoms with Crippen molar-refractivity contribution >= 4 is 0 Å². The van der Waals surface area contributed by atoms with Crippen molar-refractivity contribution < 1.29 is 4.74 Å². The number of rotatable bonds is 6. The molecule has 1 saturated heterocycles. The highest BCUT2D eigenvalue weighted by Crippen LogP contribution is 2.24. The van der Waals surface area contributed by atoms with E-state index in [1.165, 1.54) is 25.0 Å². The predicted molar refractivity (Wildman–Crippen MR) is 77.2 cm³/mol. The smallest absolute Gasteiger partial charge is 0.111 e. The summed E-state index contributed by atoms with van der Waals surface area (Å²) < 4.78 is 8.12. The molecule has 1 aromatic heterocycles. The van der Waals surface area contributed by atoms with Crippen LogP contribution in [-0.4, -0.2) is 29.2 Å². The summed E-state index contributed by atoms with van der Waals surface area (Å²) in [4.78, 5) is 4.32. The fourth-order valence-corrected chi connectivity index (χ4v) is 2.65. The summed E-state index contributed by atoms with van der Waals surface area (Å²) >= 11 is 0. The van der Waals surface area contributed by atoms with Crippen LogP contribution in [0.15, 0.2) is 12.5 Å². The SMILES string of the molecule is CC(C)CCCC(C)n1cncc1C1CNCCO1. The molecular formula is C15H27N3O. The van der Waals surface area contributed by atoms with Gasteiger partial charge in [-0.15, -0.1) is 0 Å². The average Bonchev–Trinajstić information content (AvgIpc) is 2.88. The van der Waals surface area contributed by atoms with Gasteiger partial charge in [-0.05, 0) is 19.3 Å². The Morgan fingerprint density at radius 2 is 2.26 bits per heavy atom. The van der Waals surface area contributed by atoms with Crippen molar-refractivity contribution in [2.75, 3.05) is 19.7 Å². The minimum absolute atomic E-state index is 0.156. The van der Waals surface area contributed by atoms with Gasteiger partial charge in [-0.3, -0.25) is 0 Å². The monoisotopic (exact) mass is 265 g/mol. The van der Waals surface area contributed by atoms with Crippen molar-refractivity contribution in [1.29, 1.82) is 0 Å². The molecule has 2 atom stereocenters. The first-order valence-electron chi connectivity index (χ1n) is 7.52. The topological polar surface area (TPSA) is 39.1 Å². The van der Waals surface area contributed by atoms with E-state index in [4.69, 9.17) is 4.74 Å². The van der Waals surface area contributed by atoms with E-state index in [9.17, 15) is 0 Å². The first-order chi connectivity index (χ1) is 9.18. The number of ether oxygens (including phenoxy) is 1. The second kappa shape index (κ2) is 7.06. The second-order valence-corrected chi connectivity index (χ2v) is 5.96. The largest absolute Gasteiger partial charge is 0.369 e. The Balaban J connectivity index is 1.93. The van der Waals surface area contributed by atoms with Gasteiger partial charge in [-0.1, -0.05) is 26.7 Å². The number of morpholine rings is 1. The molecule has 0 aromatic carbocycles. The van der Waals surface area contributed by atoms with Crippen molar-refractivity contribution in [3.05, 3.63) is 18.2 Å². The van der Waals surface area contributed by atoms with E-state index < -0.39 is 0 Å². The molecule has 0 amide bonds. The number of hydrogen-bond acceptors (Lipinski definition) is 3. The fraction of sp³-hybridized carbons (Fsp3) is 0.800. The van der Waals surface area contributed by atoms with Crippen LogP contribution in [0.1, 0.15) is 57.9 Å².